The Labute approximate surface area is 94.9 Å². The van der Waals surface area contributed by atoms with E-state index in [-0.39, 0.29) is 6.79 Å². The van der Waals surface area contributed by atoms with Gasteiger partial charge in [-0.1, -0.05) is 23.2 Å². The molecule has 0 aliphatic rings. The molecule has 0 radical (unpaired) electrons. The molecule has 1 aromatic rings. The topological polar surface area (TPSA) is 18.5 Å². The predicted octanol–water partition coefficient (Wildman–Crippen LogP) is 3.74. The first-order valence-corrected chi connectivity index (χ1v) is 4.96. The highest BCUT2D eigenvalue weighted by Crippen LogP contribution is 2.34. The number of hydrogen-bond acceptors (Lipinski definition) is 2. The highest BCUT2D eigenvalue weighted by atomic mass is 79.9. The van der Waals surface area contributed by atoms with Gasteiger partial charge in [0.15, 0.2) is 6.79 Å². The van der Waals surface area contributed by atoms with Crippen molar-refractivity contribution in [1.82, 2.24) is 0 Å². The van der Waals surface area contributed by atoms with Gasteiger partial charge in [0.2, 0.25) is 0 Å². The summed E-state index contributed by atoms with van der Waals surface area (Å²) in [6.45, 7) is 0.175. The van der Waals surface area contributed by atoms with E-state index in [1.807, 2.05) is 0 Å². The van der Waals surface area contributed by atoms with Crippen LogP contribution in [0.4, 0.5) is 0 Å². The number of hydrogen-bond donors (Lipinski definition) is 0. The molecule has 0 atom stereocenters. The molecule has 0 heterocycles. The SMILES string of the molecule is COCOc1cc(Cl)c(Br)c(Cl)c1. The second kappa shape index (κ2) is 5.05. The van der Waals surface area contributed by atoms with Crippen molar-refractivity contribution in [2.45, 2.75) is 0 Å². The first-order chi connectivity index (χ1) is 6.15. The standard InChI is InChI=1S/C8H7BrCl2O2/c1-12-4-13-5-2-6(10)8(9)7(11)3-5/h2-3H,4H2,1H3. The number of benzene rings is 1. The Kier molecular flexibility index (Phi) is 4.32. The average Bonchev–Trinajstić information content (AvgIpc) is 2.10. The largest absolute Gasteiger partial charge is 0.467 e. The Morgan fingerprint density at radius 3 is 2.31 bits per heavy atom. The minimum atomic E-state index is 0.175. The fourth-order valence-corrected chi connectivity index (χ4v) is 1.44. The lowest BCUT2D eigenvalue weighted by Crippen LogP contribution is -1.98. The molecule has 0 amide bonds. The molecule has 0 saturated carbocycles. The summed E-state index contributed by atoms with van der Waals surface area (Å²) in [7, 11) is 1.54. The fourth-order valence-electron chi connectivity index (χ4n) is 0.743. The van der Waals surface area contributed by atoms with Crippen molar-refractivity contribution in [2.24, 2.45) is 0 Å². The quantitative estimate of drug-likeness (QED) is 0.622. The minimum Gasteiger partial charge on any atom is -0.467 e. The Balaban J connectivity index is 2.86. The third-order valence-corrected chi connectivity index (χ3v) is 3.21. The molecule has 13 heavy (non-hydrogen) atoms. The first-order valence-electron chi connectivity index (χ1n) is 3.41. The summed E-state index contributed by atoms with van der Waals surface area (Å²) in [5, 5.41) is 1.03. The van der Waals surface area contributed by atoms with Crippen LogP contribution >= 0.6 is 39.1 Å². The Hall–Kier alpha value is 0.0400. The van der Waals surface area contributed by atoms with Crippen LogP contribution in [0.1, 0.15) is 0 Å². The van der Waals surface area contributed by atoms with E-state index in [4.69, 9.17) is 32.7 Å². The summed E-state index contributed by atoms with van der Waals surface area (Å²) >= 11 is 14.9. The number of halogens is 3. The van der Waals surface area contributed by atoms with Crippen LogP contribution in [0.25, 0.3) is 0 Å². The van der Waals surface area contributed by atoms with Gasteiger partial charge in [0.1, 0.15) is 5.75 Å². The van der Waals surface area contributed by atoms with Crippen molar-refractivity contribution in [1.29, 1.82) is 0 Å². The Morgan fingerprint density at radius 1 is 1.31 bits per heavy atom. The molecule has 0 fully saturated rings. The van der Waals surface area contributed by atoms with E-state index in [2.05, 4.69) is 15.9 Å². The van der Waals surface area contributed by atoms with Crippen LogP contribution in [0, 0.1) is 0 Å². The lowest BCUT2D eigenvalue weighted by Gasteiger charge is -2.06. The van der Waals surface area contributed by atoms with Crippen molar-refractivity contribution < 1.29 is 9.47 Å². The van der Waals surface area contributed by atoms with Crippen LogP contribution in [-0.4, -0.2) is 13.9 Å². The molecule has 0 N–H and O–H groups in total. The number of ether oxygens (including phenoxy) is 2. The fraction of sp³-hybridized carbons (Fsp3) is 0.250. The average molecular weight is 286 g/mol. The number of methoxy groups -OCH3 is 1. The third-order valence-electron chi connectivity index (χ3n) is 1.30. The molecular formula is C8H7BrCl2O2. The van der Waals surface area contributed by atoms with E-state index in [0.717, 1.165) is 0 Å². The summed E-state index contributed by atoms with van der Waals surface area (Å²) < 4.78 is 10.6. The maximum Gasteiger partial charge on any atom is 0.188 e. The van der Waals surface area contributed by atoms with E-state index >= 15 is 0 Å². The zero-order valence-corrected chi connectivity index (χ0v) is 9.91. The summed E-state index contributed by atoms with van der Waals surface area (Å²) in [5.41, 5.74) is 0. The van der Waals surface area contributed by atoms with Gasteiger partial charge < -0.3 is 9.47 Å². The molecule has 0 unspecified atom stereocenters. The zero-order valence-electron chi connectivity index (χ0n) is 6.81. The Bertz CT molecular complexity index is 281. The van der Waals surface area contributed by atoms with E-state index in [1.165, 1.54) is 0 Å². The predicted molar refractivity (Wildman–Crippen MR) is 56.7 cm³/mol. The van der Waals surface area contributed by atoms with Crippen molar-refractivity contribution in [3.63, 3.8) is 0 Å². The second-order valence-corrected chi connectivity index (χ2v) is 3.86. The molecule has 72 valence electrons. The van der Waals surface area contributed by atoms with Gasteiger partial charge in [-0.2, -0.15) is 0 Å². The number of rotatable bonds is 3. The second-order valence-electron chi connectivity index (χ2n) is 2.25. The lowest BCUT2D eigenvalue weighted by molar-refractivity contribution is 0.0511. The lowest BCUT2D eigenvalue weighted by atomic mass is 10.3. The van der Waals surface area contributed by atoms with Crippen molar-refractivity contribution in [3.8, 4) is 5.75 Å². The first kappa shape index (κ1) is 11.1. The molecule has 5 heteroatoms. The van der Waals surface area contributed by atoms with Crippen LogP contribution in [0.3, 0.4) is 0 Å². The normalized spacial score (nSPS) is 10.2. The summed E-state index contributed by atoms with van der Waals surface area (Å²) in [4.78, 5) is 0. The van der Waals surface area contributed by atoms with Crippen LogP contribution in [0.15, 0.2) is 16.6 Å². The summed E-state index contributed by atoms with van der Waals surface area (Å²) in [5.74, 6) is 0.583. The van der Waals surface area contributed by atoms with Crippen LogP contribution in [0.5, 0.6) is 5.75 Å². The molecule has 0 bridgehead atoms. The van der Waals surface area contributed by atoms with Gasteiger partial charge in [-0.25, -0.2) is 0 Å². The van der Waals surface area contributed by atoms with Gasteiger partial charge >= 0.3 is 0 Å². The molecule has 2 nitrogen and oxygen atoms in total. The summed E-state index contributed by atoms with van der Waals surface area (Å²) in [6.07, 6.45) is 0. The smallest absolute Gasteiger partial charge is 0.188 e. The van der Waals surface area contributed by atoms with Gasteiger partial charge in [-0.3, -0.25) is 0 Å². The van der Waals surface area contributed by atoms with Crippen LogP contribution in [-0.2, 0) is 4.74 Å². The minimum absolute atomic E-state index is 0.175. The van der Waals surface area contributed by atoms with Gasteiger partial charge in [0, 0.05) is 19.2 Å². The molecule has 1 rings (SSSR count). The molecular weight excluding hydrogens is 279 g/mol. The van der Waals surface area contributed by atoms with Crippen LogP contribution in [0.2, 0.25) is 10.0 Å². The summed E-state index contributed by atoms with van der Waals surface area (Å²) in [6, 6.07) is 3.33. The maximum atomic E-state index is 5.85. The highest BCUT2D eigenvalue weighted by molar-refractivity contribution is 9.10. The van der Waals surface area contributed by atoms with E-state index in [9.17, 15) is 0 Å². The Morgan fingerprint density at radius 2 is 1.85 bits per heavy atom. The van der Waals surface area contributed by atoms with Crippen molar-refractivity contribution in [3.05, 3.63) is 26.7 Å². The molecule has 0 saturated heterocycles. The van der Waals surface area contributed by atoms with Crippen molar-refractivity contribution in [2.75, 3.05) is 13.9 Å². The molecule has 0 spiro atoms. The van der Waals surface area contributed by atoms with E-state index < -0.39 is 0 Å². The van der Waals surface area contributed by atoms with Gasteiger partial charge in [-0.15, -0.1) is 0 Å². The maximum absolute atomic E-state index is 5.85. The third kappa shape index (κ3) is 3.02. The zero-order chi connectivity index (χ0) is 9.84. The highest BCUT2D eigenvalue weighted by Gasteiger charge is 2.05. The molecule has 0 aromatic heterocycles. The van der Waals surface area contributed by atoms with Gasteiger partial charge in [0.25, 0.3) is 0 Å². The van der Waals surface area contributed by atoms with Crippen molar-refractivity contribution >= 4 is 39.1 Å². The van der Waals surface area contributed by atoms with E-state index in [1.54, 1.807) is 19.2 Å². The monoisotopic (exact) mass is 284 g/mol. The molecule has 0 aliphatic heterocycles. The van der Waals surface area contributed by atoms with Gasteiger partial charge in [0.05, 0.1) is 14.5 Å². The molecule has 0 aliphatic carbocycles. The van der Waals surface area contributed by atoms with Crippen LogP contribution < -0.4 is 4.74 Å². The van der Waals surface area contributed by atoms with E-state index in [0.29, 0.717) is 20.3 Å². The molecule has 1 aromatic carbocycles. The van der Waals surface area contributed by atoms with Gasteiger partial charge in [-0.05, 0) is 15.9 Å².